The van der Waals surface area contributed by atoms with E-state index >= 15 is 0 Å². The first kappa shape index (κ1) is 34.8. The largest absolute Gasteiger partial charge is 0.448 e. The van der Waals surface area contributed by atoms with Crippen molar-refractivity contribution in [3.63, 3.8) is 0 Å². The number of amides is 1. The van der Waals surface area contributed by atoms with Gasteiger partial charge in [-0.2, -0.15) is 8.42 Å². The second-order valence-electron chi connectivity index (χ2n) is 14.0. The summed E-state index contributed by atoms with van der Waals surface area (Å²) in [5, 5.41) is 0. The van der Waals surface area contributed by atoms with Crippen LogP contribution in [0.25, 0.3) is 0 Å². The normalized spacial score (nSPS) is 28.7. The van der Waals surface area contributed by atoms with Gasteiger partial charge in [0.05, 0.1) is 22.5 Å². The Kier molecular flexibility index (Phi) is 9.89. The van der Waals surface area contributed by atoms with Crippen LogP contribution in [-0.2, 0) is 26.1 Å². The van der Waals surface area contributed by atoms with E-state index in [-0.39, 0.29) is 39.9 Å². The number of carbonyl (C=O) groups excluding carboxylic acids is 2. The molecule has 2 aromatic carbocycles. The molecule has 7 rings (SSSR count). The molecule has 0 radical (unpaired) electrons. The van der Waals surface area contributed by atoms with Gasteiger partial charge in [-0.05, 0) is 72.9 Å². The number of aryl methyl sites for hydroxylation is 1. The SMILES string of the molecule is CC1(C)C2CCC1(CS(=O)(=O)O)C(=O)[C@H]2Br.Cc1ccc2c(c1)C[C@H](N1CCN(CCN3CCOC3=O)CC1)c1cc(F)ccc1S2. The van der Waals surface area contributed by atoms with E-state index in [1.54, 1.807) is 28.8 Å². The average molecular weight is 753 g/mol. The van der Waals surface area contributed by atoms with Crippen LogP contribution in [0.3, 0.4) is 0 Å². The Morgan fingerprint density at radius 3 is 2.40 bits per heavy atom. The van der Waals surface area contributed by atoms with Crippen molar-refractivity contribution in [3.05, 3.63) is 58.9 Å². The van der Waals surface area contributed by atoms with Gasteiger partial charge in [-0.15, -0.1) is 0 Å². The second-order valence-corrected chi connectivity index (χ2v) is 17.6. The number of halogens is 2. The summed E-state index contributed by atoms with van der Waals surface area (Å²) in [6, 6.07) is 12.1. The standard InChI is InChI=1S/C24H28FN3O2S.C10H15BrO4S/c1-17-2-4-22-18(14-17)15-21(20-16-19(25)3-5-23(20)31-22)27-9-6-26(7-10-27)8-11-28-12-13-30-24(28)29;1-9(2)6-3-4-10(9,5-16(13,14)15)8(12)7(6)11/h2-5,14,16,21H,6-13,15H2,1H3;6-7H,3-5H2,1-2H3,(H,13,14,15)/t21-;6?,7-,10?/m00/s1. The Morgan fingerprint density at radius 1 is 1.04 bits per heavy atom. The zero-order valence-electron chi connectivity index (χ0n) is 27.1. The first-order valence-corrected chi connectivity index (χ1v) is 19.6. The summed E-state index contributed by atoms with van der Waals surface area (Å²) in [5.41, 5.74) is 2.45. The highest BCUT2D eigenvalue weighted by molar-refractivity contribution is 9.10. The fraction of sp³-hybridized carbons (Fsp3) is 0.588. The van der Waals surface area contributed by atoms with Crippen LogP contribution in [0.4, 0.5) is 9.18 Å². The van der Waals surface area contributed by atoms with Crippen LogP contribution < -0.4 is 0 Å². The predicted octanol–water partition coefficient (Wildman–Crippen LogP) is 5.60. The lowest BCUT2D eigenvalue weighted by atomic mass is 9.70. The molecule has 3 heterocycles. The second kappa shape index (κ2) is 13.4. The number of rotatable bonds is 6. The Balaban J connectivity index is 0.000000203. The predicted molar refractivity (Wildman–Crippen MR) is 182 cm³/mol. The molecular formula is C34H43BrFN3O6S2. The minimum Gasteiger partial charge on any atom is -0.448 e. The Labute approximate surface area is 289 Å². The molecular weight excluding hydrogens is 709 g/mol. The third kappa shape index (κ3) is 6.90. The van der Waals surface area contributed by atoms with Crippen molar-refractivity contribution >= 4 is 49.7 Å². The van der Waals surface area contributed by atoms with Crippen LogP contribution in [0.2, 0.25) is 0 Å². The number of hydrogen-bond acceptors (Lipinski definition) is 8. The van der Waals surface area contributed by atoms with Gasteiger partial charge in [0, 0.05) is 55.1 Å². The summed E-state index contributed by atoms with van der Waals surface area (Å²) in [6.45, 7) is 12.6. The summed E-state index contributed by atoms with van der Waals surface area (Å²) >= 11 is 5.11. The molecule has 0 aromatic heterocycles. The number of cyclic esters (lactones) is 1. The van der Waals surface area contributed by atoms with Gasteiger partial charge < -0.3 is 9.64 Å². The minimum atomic E-state index is -4.12. The molecule has 2 bridgehead atoms. The van der Waals surface area contributed by atoms with Gasteiger partial charge in [-0.3, -0.25) is 19.1 Å². The molecule has 2 aromatic rings. The monoisotopic (exact) mass is 751 g/mol. The lowest BCUT2D eigenvalue weighted by Crippen LogP contribution is -2.49. The zero-order chi connectivity index (χ0) is 33.7. The molecule has 256 valence electrons. The van der Waals surface area contributed by atoms with Gasteiger partial charge in [-0.25, -0.2) is 9.18 Å². The Hall–Kier alpha value is -2.03. The number of fused-ring (bicyclic) bond motifs is 4. The number of hydrogen-bond donors (Lipinski definition) is 1. The summed E-state index contributed by atoms with van der Waals surface area (Å²) in [7, 11) is -4.12. The molecule has 2 saturated carbocycles. The van der Waals surface area contributed by atoms with E-state index in [1.165, 1.54) is 16.0 Å². The van der Waals surface area contributed by atoms with Crippen LogP contribution in [0.1, 0.15) is 49.4 Å². The molecule has 1 N–H and O–H groups in total. The van der Waals surface area contributed by atoms with Crippen molar-refractivity contribution < 1.29 is 31.7 Å². The number of ether oxygens (including phenoxy) is 1. The molecule has 5 aliphatic rings. The summed E-state index contributed by atoms with van der Waals surface area (Å²) in [4.78, 5) is 32.7. The van der Waals surface area contributed by atoms with Gasteiger partial charge >= 0.3 is 6.09 Å². The number of Topliss-reactive ketones (excluding diaryl/α,β-unsaturated/α-hetero) is 1. The van der Waals surface area contributed by atoms with Crippen molar-refractivity contribution in [2.24, 2.45) is 16.7 Å². The van der Waals surface area contributed by atoms with E-state index in [2.05, 4.69) is 50.9 Å². The van der Waals surface area contributed by atoms with E-state index in [0.29, 0.717) is 19.6 Å². The number of piperazine rings is 1. The van der Waals surface area contributed by atoms with E-state index in [4.69, 9.17) is 9.29 Å². The molecule has 4 fully saturated rings. The average Bonchev–Trinajstić information content (AvgIpc) is 3.52. The van der Waals surface area contributed by atoms with Gasteiger partial charge in [0.25, 0.3) is 10.1 Å². The molecule has 4 atom stereocenters. The molecule has 3 aliphatic heterocycles. The molecule has 2 aliphatic carbocycles. The van der Waals surface area contributed by atoms with Crippen LogP contribution in [0.15, 0.2) is 46.2 Å². The van der Waals surface area contributed by atoms with Crippen LogP contribution in [0, 0.1) is 29.5 Å². The number of carbonyl (C=O) groups is 2. The third-order valence-corrected chi connectivity index (χ3v) is 14.2. The van der Waals surface area contributed by atoms with Gasteiger partial charge in [0.1, 0.15) is 12.4 Å². The number of ketones is 1. The van der Waals surface area contributed by atoms with Crippen molar-refractivity contribution in [2.45, 2.75) is 60.7 Å². The first-order chi connectivity index (χ1) is 22.2. The molecule has 13 heteroatoms. The maximum atomic E-state index is 14.2. The first-order valence-electron chi connectivity index (χ1n) is 16.3. The lowest BCUT2D eigenvalue weighted by Gasteiger charge is -2.40. The van der Waals surface area contributed by atoms with Crippen molar-refractivity contribution in [2.75, 3.05) is 58.2 Å². The van der Waals surface area contributed by atoms with E-state index in [9.17, 15) is 22.4 Å². The van der Waals surface area contributed by atoms with Crippen molar-refractivity contribution in [3.8, 4) is 0 Å². The topological polar surface area (TPSA) is 107 Å². The third-order valence-electron chi connectivity index (χ3n) is 11.1. The molecule has 2 saturated heterocycles. The number of nitrogens with zero attached hydrogens (tertiary/aromatic N) is 3. The van der Waals surface area contributed by atoms with Gasteiger partial charge in [-0.1, -0.05) is 59.2 Å². The lowest BCUT2D eigenvalue weighted by molar-refractivity contribution is -0.127. The highest BCUT2D eigenvalue weighted by atomic mass is 79.9. The molecule has 2 unspecified atom stereocenters. The maximum Gasteiger partial charge on any atom is 0.409 e. The molecule has 0 spiro atoms. The zero-order valence-corrected chi connectivity index (χ0v) is 30.3. The Bertz CT molecular complexity index is 1650. The van der Waals surface area contributed by atoms with Crippen molar-refractivity contribution in [1.82, 2.24) is 14.7 Å². The van der Waals surface area contributed by atoms with Crippen LogP contribution in [0.5, 0.6) is 0 Å². The van der Waals surface area contributed by atoms with E-state index < -0.39 is 21.3 Å². The highest BCUT2D eigenvalue weighted by Gasteiger charge is 2.69. The Morgan fingerprint density at radius 2 is 1.77 bits per heavy atom. The molecule has 47 heavy (non-hydrogen) atoms. The van der Waals surface area contributed by atoms with Gasteiger partial charge in [0.15, 0.2) is 5.78 Å². The summed E-state index contributed by atoms with van der Waals surface area (Å²) in [6.07, 6.45) is 2.11. The molecule has 1 amide bonds. The summed E-state index contributed by atoms with van der Waals surface area (Å²) < 4.78 is 50.5. The van der Waals surface area contributed by atoms with Crippen molar-refractivity contribution in [1.29, 1.82) is 0 Å². The maximum absolute atomic E-state index is 14.2. The van der Waals surface area contributed by atoms with Crippen LogP contribution >= 0.6 is 27.7 Å². The van der Waals surface area contributed by atoms with Crippen LogP contribution in [-0.4, -0.2) is 103 Å². The summed E-state index contributed by atoms with van der Waals surface area (Å²) in [5.74, 6) is -0.500. The van der Waals surface area contributed by atoms with Gasteiger partial charge in [0.2, 0.25) is 0 Å². The highest BCUT2D eigenvalue weighted by Crippen LogP contribution is 2.65. The smallest absolute Gasteiger partial charge is 0.409 e. The molecule has 9 nitrogen and oxygen atoms in total. The number of alkyl halides is 1. The minimum absolute atomic E-state index is 0.0635. The van der Waals surface area contributed by atoms with E-state index in [1.807, 2.05) is 19.9 Å². The number of benzene rings is 2. The quantitative estimate of drug-likeness (QED) is 0.299. The fourth-order valence-corrected chi connectivity index (χ4v) is 12.0. The van der Waals surface area contributed by atoms with E-state index in [0.717, 1.165) is 62.6 Å². The fourth-order valence-electron chi connectivity index (χ4n) is 8.27.